The summed E-state index contributed by atoms with van der Waals surface area (Å²) in [5.74, 6) is -0.419. The molecule has 1 N–H and O–H groups in total. The highest BCUT2D eigenvalue weighted by Gasteiger charge is 2.20. The number of halogens is 2. The fourth-order valence-corrected chi connectivity index (χ4v) is 3.06. The van der Waals surface area contributed by atoms with Gasteiger partial charge < -0.3 is 9.73 Å². The van der Waals surface area contributed by atoms with E-state index in [0.29, 0.717) is 42.7 Å². The molecule has 6 nitrogen and oxygen atoms in total. The average molecular weight is 392 g/mol. The fourth-order valence-electron chi connectivity index (χ4n) is 3.06. The second-order valence-corrected chi connectivity index (χ2v) is 7.52. The second-order valence-electron chi connectivity index (χ2n) is 7.52. The van der Waals surface area contributed by atoms with Crippen molar-refractivity contribution >= 4 is 5.91 Å². The minimum atomic E-state index is -0.561. The summed E-state index contributed by atoms with van der Waals surface area (Å²) in [6.07, 6.45) is 1.39. The van der Waals surface area contributed by atoms with Crippen LogP contribution in [0.25, 0.3) is 0 Å². The predicted octanol–water partition coefficient (Wildman–Crippen LogP) is 2.66. The van der Waals surface area contributed by atoms with E-state index in [1.54, 1.807) is 0 Å². The normalized spacial score (nSPS) is 15.9. The number of nitrogens with one attached hydrogen (secondary N) is 1. The minimum absolute atomic E-state index is 0.227. The van der Waals surface area contributed by atoms with E-state index < -0.39 is 11.6 Å². The molecule has 0 radical (unpaired) electrons. The molecule has 152 valence electrons. The van der Waals surface area contributed by atoms with Crippen molar-refractivity contribution in [2.75, 3.05) is 32.7 Å². The summed E-state index contributed by atoms with van der Waals surface area (Å²) in [4.78, 5) is 20.6. The van der Waals surface area contributed by atoms with Gasteiger partial charge in [0.15, 0.2) is 5.69 Å². The molecule has 1 amide bonds. The molecule has 2 heterocycles. The van der Waals surface area contributed by atoms with E-state index in [1.165, 1.54) is 18.4 Å². The first kappa shape index (κ1) is 20.4. The molecule has 8 heteroatoms. The maximum Gasteiger partial charge on any atom is 0.273 e. The molecule has 0 atom stereocenters. The van der Waals surface area contributed by atoms with Crippen LogP contribution in [0.15, 0.2) is 28.9 Å². The average Bonchev–Trinajstić information content (AvgIpc) is 3.12. The zero-order valence-corrected chi connectivity index (χ0v) is 16.3. The first-order valence-electron chi connectivity index (χ1n) is 9.52. The summed E-state index contributed by atoms with van der Waals surface area (Å²) in [6, 6.07) is 3.70. The quantitative estimate of drug-likeness (QED) is 0.785. The van der Waals surface area contributed by atoms with E-state index in [9.17, 15) is 13.6 Å². The monoisotopic (exact) mass is 392 g/mol. The first-order valence-corrected chi connectivity index (χ1v) is 9.52. The number of rotatable bonds is 7. The number of amides is 1. The zero-order chi connectivity index (χ0) is 20.1. The molecule has 1 aliphatic heterocycles. The summed E-state index contributed by atoms with van der Waals surface area (Å²) in [5.41, 5.74) is 0.792. The van der Waals surface area contributed by atoms with Crippen LogP contribution < -0.4 is 5.32 Å². The first-order chi connectivity index (χ1) is 13.4. The predicted molar refractivity (Wildman–Crippen MR) is 101 cm³/mol. The Hall–Kier alpha value is -2.32. The molecule has 0 bridgehead atoms. The summed E-state index contributed by atoms with van der Waals surface area (Å²) in [7, 11) is 0. The van der Waals surface area contributed by atoms with Crippen molar-refractivity contribution in [3.05, 3.63) is 53.2 Å². The number of piperazine rings is 1. The Balaban J connectivity index is 1.46. The summed E-state index contributed by atoms with van der Waals surface area (Å²) >= 11 is 0. The van der Waals surface area contributed by atoms with E-state index in [4.69, 9.17) is 4.42 Å². The van der Waals surface area contributed by atoms with Crippen LogP contribution in [0.2, 0.25) is 0 Å². The van der Waals surface area contributed by atoms with Gasteiger partial charge in [-0.3, -0.25) is 14.6 Å². The fraction of sp³-hybridized carbons (Fsp3) is 0.500. The van der Waals surface area contributed by atoms with Gasteiger partial charge >= 0.3 is 0 Å². The van der Waals surface area contributed by atoms with Gasteiger partial charge in [0.25, 0.3) is 5.91 Å². The molecular weight excluding hydrogens is 366 g/mol. The highest BCUT2D eigenvalue weighted by atomic mass is 19.1. The molecule has 0 saturated carbocycles. The third kappa shape index (κ3) is 5.59. The van der Waals surface area contributed by atoms with Gasteiger partial charge in [-0.05, 0) is 12.0 Å². The van der Waals surface area contributed by atoms with Crippen molar-refractivity contribution in [3.8, 4) is 0 Å². The molecule has 0 aliphatic carbocycles. The van der Waals surface area contributed by atoms with Gasteiger partial charge in [-0.1, -0.05) is 19.9 Å². The molecule has 1 aliphatic rings. The number of carbonyl (C=O) groups excluding carboxylic acids is 1. The van der Waals surface area contributed by atoms with E-state index in [2.05, 4.69) is 20.1 Å². The zero-order valence-electron chi connectivity index (χ0n) is 16.3. The molecule has 0 spiro atoms. The Labute approximate surface area is 163 Å². The Bertz CT molecular complexity index is 801. The largest absolute Gasteiger partial charge is 0.447 e. The summed E-state index contributed by atoms with van der Waals surface area (Å²) in [5, 5.41) is 2.82. The number of nitrogens with zero attached hydrogens (tertiary/aromatic N) is 3. The van der Waals surface area contributed by atoms with Crippen molar-refractivity contribution in [1.82, 2.24) is 20.1 Å². The molecule has 2 aromatic rings. The van der Waals surface area contributed by atoms with Crippen LogP contribution in [-0.4, -0.2) is 53.4 Å². The van der Waals surface area contributed by atoms with Gasteiger partial charge in [0.2, 0.25) is 5.89 Å². The number of benzene rings is 1. The van der Waals surface area contributed by atoms with E-state index in [-0.39, 0.29) is 5.91 Å². The minimum Gasteiger partial charge on any atom is -0.447 e. The number of aromatic nitrogens is 1. The third-order valence-corrected chi connectivity index (χ3v) is 4.69. The van der Waals surface area contributed by atoms with Gasteiger partial charge in [0.05, 0.1) is 6.54 Å². The molecule has 3 rings (SSSR count). The number of hydrogen-bond acceptors (Lipinski definition) is 5. The second kappa shape index (κ2) is 9.25. The summed E-state index contributed by atoms with van der Waals surface area (Å²) in [6.45, 7) is 8.71. The Morgan fingerprint density at radius 1 is 1.18 bits per heavy atom. The molecule has 1 fully saturated rings. The van der Waals surface area contributed by atoms with Crippen molar-refractivity contribution in [2.24, 2.45) is 5.92 Å². The van der Waals surface area contributed by atoms with Gasteiger partial charge in [-0.25, -0.2) is 13.8 Å². The Morgan fingerprint density at radius 3 is 2.50 bits per heavy atom. The molecule has 1 aromatic carbocycles. The lowest BCUT2D eigenvalue weighted by Gasteiger charge is -2.34. The van der Waals surface area contributed by atoms with Gasteiger partial charge in [-0.2, -0.15) is 0 Å². The maximum absolute atomic E-state index is 13.8. The molecule has 0 unspecified atom stereocenters. The van der Waals surface area contributed by atoms with Crippen LogP contribution in [0.3, 0.4) is 0 Å². The van der Waals surface area contributed by atoms with E-state index in [1.807, 2.05) is 13.8 Å². The highest BCUT2D eigenvalue weighted by molar-refractivity contribution is 5.91. The Kier molecular flexibility index (Phi) is 6.74. The molecular formula is C20H26F2N4O2. The van der Waals surface area contributed by atoms with Crippen LogP contribution >= 0.6 is 0 Å². The summed E-state index contributed by atoms with van der Waals surface area (Å²) < 4.78 is 32.3. The Morgan fingerprint density at radius 2 is 1.86 bits per heavy atom. The lowest BCUT2D eigenvalue weighted by atomic mass is 10.2. The third-order valence-electron chi connectivity index (χ3n) is 4.69. The highest BCUT2D eigenvalue weighted by Crippen LogP contribution is 2.15. The molecule has 28 heavy (non-hydrogen) atoms. The van der Waals surface area contributed by atoms with Gasteiger partial charge in [0.1, 0.15) is 17.9 Å². The SMILES string of the molecule is CC(C)CNC(=O)c1coc(CN2CCN(Cc3ccc(F)cc3F)CC2)n1. The van der Waals surface area contributed by atoms with Crippen LogP contribution in [-0.2, 0) is 13.1 Å². The molecule has 1 aromatic heterocycles. The van der Waals surface area contributed by atoms with Crippen LogP contribution in [0.1, 0.15) is 35.8 Å². The van der Waals surface area contributed by atoms with E-state index in [0.717, 1.165) is 32.2 Å². The van der Waals surface area contributed by atoms with E-state index >= 15 is 0 Å². The van der Waals surface area contributed by atoms with Crippen LogP contribution in [0, 0.1) is 17.6 Å². The number of oxazole rings is 1. The van der Waals surface area contributed by atoms with Crippen molar-refractivity contribution < 1.29 is 18.0 Å². The lowest BCUT2D eigenvalue weighted by molar-refractivity contribution is 0.0943. The van der Waals surface area contributed by atoms with Crippen LogP contribution in [0.4, 0.5) is 8.78 Å². The number of carbonyl (C=O) groups is 1. The van der Waals surface area contributed by atoms with Gasteiger partial charge in [-0.15, -0.1) is 0 Å². The standard InChI is InChI=1S/C20H26F2N4O2/c1-14(2)10-23-20(27)18-13-28-19(24-18)12-26-7-5-25(6-8-26)11-15-3-4-16(21)9-17(15)22/h3-4,9,13-14H,5-8,10-12H2,1-2H3,(H,23,27). The number of hydrogen-bond donors (Lipinski definition) is 1. The lowest BCUT2D eigenvalue weighted by Crippen LogP contribution is -2.45. The van der Waals surface area contributed by atoms with Gasteiger partial charge in [0, 0.05) is 50.9 Å². The molecule has 1 saturated heterocycles. The topological polar surface area (TPSA) is 61.6 Å². The van der Waals surface area contributed by atoms with Crippen LogP contribution in [0.5, 0.6) is 0 Å². The maximum atomic E-state index is 13.8. The van der Waals surface area contributed by atoms with Crippen molar-refractivity contribution in [1.29, 1.82) is 0 Å². The van der Waals surface area contributed by atoms with Crippen molar-refractivity contribution in [3.63, 3.8) is 0 Å². The van der Waals surface area contributed by atoms with Crippen molar-refractivity contribution in [2.45, 2.75) is 26.9 Å². The smallest absolute Gasteiger partial charge is 0.273 e.